The van der Waals surface area contributed by atoms with Crippen molar-refractivity contribution in [3.63, 3.8) is 0 Å². The summed E-state index contributed by atoms with van der Waals surface area (Å²) in [6.07, 6.45) is 0.816. The molecule has 6 heteroatoms. The Balaban J connectivity index is 2.19. The lowest BCUT2D eigenvalue weighted by Gasteiger charge is -2.29. The molecule has 0 aromatic carbocycles. The van der Waals surface area contributed by atoms with Crippen LogP contribution in [0.4, 0.5) is 0 Å². The standard InChI is InChI=1S/C12H20N2O3S/c1-8-7-13-5-4-11(8)14-18(15,16)12-6-9(2)17-10(12)3/h6,8,11,13-14H,4-5,7H2,1-3H3. The second-order valence-electron chi connectivity index (χ2n) is 4.98. The van der Waals surface area contributed by atoms with Gasteiger partial charge in [-0.3, -0.25) is 0 Å². The van der Waals surface area contributed by atoms with Gasteiger partial charge in [0.2, 0.25) is 10.0 Å². The SMILES string of the molecule is Cc1cc(S(=O)(=O)NC2CCNCC2C)c(C)o1. The fourth-order valence-electron chi connectivity index (χ4n) is 2.33. The van der Waals surface area contributed by atoms with Gasteiger partial charge in [-0.15, -0.1) is 0 Å². The first kappa shape index (κ1) is 13.6. The predicted octanol–water partition coefficient (Wildman–Crippen LogP) is 1.17. The molecule has 2 N–H and O–H groups in total. The van der Waals surface area contributed by atoms with Crippen molar-refractivity contribution in [2.75, 3.05) is 13.1 Å². The second-order valence-corrected chi connectivity index (χ2v) is 6.66. The van der Waals surface area contributed by atoms with Crippen molar-refractivity contribution in [3.05, 3.63) is 17.6 Å². The number of piperidine rings is 1. The van der Waals surface area contributed by atoms with Crippen LogP contribution in [0.5, 0.6) is 0 Å². The van der Waals surface area contributed by atoms with Gasteiger partial charge in [0.05, 0.1) is 0 Å². The van der Waals surface area contributed by atoms with Gasteiger partial charge in [-0.25, -0.2) is 13.1 Å². The van der Waals surface area contributed by atoms with Crippen LogP contribution in [0, 0.1) is 19.8 Å². The van der Waals surface area contributed by atoms with Crippen molar-refractivity contribution >= 4 is 10.0 Å². The molecular formula is C12H20N2O3S. The number of rotatable bonds is 3. The summed E-state index contributed by atoms with van der Waals surface area (Å²) in [6, 6.07) is 1.56. The van der Waals surface area contributed by atoms with E-state index in [1.807, 2.05) is 6.92 Å². The van der Waals surface area contributed by atoms with Crippen LogP contribution in [-0.2, 0) is 10.0 Å². The highest BCUT2D eigenvalue weighted by Crippen LogP contribution is 2.21. The average Bonchev–Trinajstić information content (AvgIpc) is 2.62. The number of hydrogen-bond acceptors (Lipinski definition) is 4. The van der Waals surface area contributed by atoms with Crippen molar-refractivity contribution in [1.29, 1.82) is 0 Å². The van der Waals surface area contributed by atoms with E-state index in [-0.39, 0.29) is 10.9 Å². The molecule has 0 bridgehead atoms. The van der Waals surface area contributed by atoms with E-state index in [0.717, 1.165) is 19.5 Å². The molecular weight excluding hydrogens is 252 g/mol. The first-order valence-electron chi connectivity index (χ1n) is 6.20. The smallest absolute Gasteiger partial charge is 0.244 e. The molecule has 2 rings (SSSR count). The lowest BCUT2D eigenvalue weighted by atomic mass is 9.97. The molecule has 1 saturated heterocycles. The Labute approximate surface area is 108 Å². The van der Waals surface area contributed by atoms with Gasteiger partial charge in [0.15, 0.2) is 0 Å². The minimum Gasteiger partial charge on any atom is -0.465 e. The molecule has 102 valence electrons. The number of hydrogen-bond donors (Lipinski definition) is 2. The summed E-state index contributed by atoms with van der Waals surface area (Å²) in [5, 5.41) is 3.25. The largest absolute Gasteiger partial charge is 0.465 e. The van der Waals surface area contributed by atoms with Crippen molar-refractivity contribution < 1.29 is 12.8 Å². The molecule has 1 aliphatic rings. The topological polar surface area (TPSA) is 71.3 Å². The van der Waals surface area contributed by atoms with Crippen molar-refractivity contribution in [2.24, 2.45) is 5.92 Å². The summed E-state index contributed by atoms with van der Waals surface area (Å²) in [5.41, 5.74) is 0. The maximum atomic E-state index is 12.3. The maximum Gasteiger partial charge on any atom is 0.244 e. The Morgan fingerprint density at radius 1 is 1.44 bits per heavy atom. The monoisotopic (exact) mass is 272 g/mol. The van der Waals surface area contributed by atoms with Gasteiger partial charge in [-0.1, -0.05) is 6.92 Å². The van der Waals surface area contributed by atoms with Crippen molar-refractivity contribution in [3.8, 4) is 0 Å². The molecule has 0 saturated carbocycles. The zero-order valence-electron chi connectivity index (χ0n) is 11.0. The summed E-state index contributed by atoms with van der Waals surface area (Å²) in [7, 11) is -3.47. The molecule has 2 heterocycles. The summed E-state index contributed by atoms with van der Waals surface area (Å²) >= 11 is 0. The molecule has 1 aromatic heterocycles. The Hall–Kier alpha value is -0.850. The average molecular weight is 272 g/mol. The van der Waals surface area contributed by atoms with Crippen molar-refractivity contribution in [2.45, 2.75) is 38.1 Å². The van der Waals surface area contributed by atoms with E-state index < -0.39 is 10.0 Å². The first-order valence-corrected chi connectivity index (χ1v) is 7.68. The van der Waals surface area contributed by atoms with Crippen LogP contribution in [0.1, 0.15) is 24.9 Å². The van der Waals surface area contributed by atoms with Gasteiger partial charge < -0.3 is 9.73 Å². The molecule has 1 aliphatic heterocycles. The summed E-state index contributed by atoms with van der Waals surface area (Å²) < 4.78 is 32.7. The van der Waals surface area contributed by atoms with Crippen LogP contribution in [0.25, 0.3) is 0 Å². The zero-order chi connectivity index (χ0) is 13.3. The third-order valence-corrected chi connectivity index (χ3v) is 4.97. The number of furan rings is 1. The third-order valence-electron chi connectivity index (χ3n) is 3.38. The molecule has 1 aromatic rings. The number of aryl methyl sites for hydroxylation is 2. The van der Waals surface area contributed by atoms with E-state index in [0.29, 0.717) is 17.4 Å². The molecule has 1 fully saturated rings. The molecule has 2 atom stereocenters. The molecule has 0 amide bonds. The van der Waals surface area contributed by atoms with Gasteiger partial charge in [0, 0.05) is 6.04 Å². The van der Waals surface area contributed by atoms with Gasteiger partial charge >= 0.3 is 0 Å². The lowest BCUT2D eigenvalue weighted by molar-refractivity contribution is 0.328. The first-order chi connectivity index (χ1) is 8.40. The predicted molar refractivity (Wildman–Crippen MR) is 68.9 cm³/mol. The Morgan fingerprint density at radius 3 is 2.72 bits per heavy atom. The Kier molecular flexibility index (Phi) is 3.79. The highest BCUT2D eigenvalue weighted by molar-refractivity contribution is 7.89. The fraction of sp³-hybridized carbons (Fsp3) is 0.667. The molecule has 5 nitrogen and oxygen atoms in total. The summed E-state index contributed by atoms with van der Waals surface area (Å²) in [5.74, 6) is 1.36. The molecule has 0 aliphatic carbocycles. The summed E-state index contributed by atoms with van der Waals surface area (Å²) in [6.45, 7) is 7.16. The highest BCUT2D eigenvalue weighted by atomic mass is 32.2. The van der Waals surface area contributed by atoms with Crippen molar-refractivity contribution in [1.82, 2.24) is 10.0 Å². The Morgan fingerprint density at radius 2 is 2.17 bits per heavy atom. The van der Waals surface area contributed by atoms with E-state index >= 15 is 0 Å². The fourth-order valence-corrected chi connectivity index (χ4v) is 3.94. The molecule has 0 spiro atoms. The summed E-state index contributed by atoms with van der Waals surface area (Å²) in [4.78, 5) is 0.255. The van der Waals surface area contributed by atoms with Crippen LogP contribution in [0.3, 0.4) is 0 Å². The number of nitrogens with one attached hydrogen (secondary N) is 2. The quantitative estimate of drug-likeness (QED) is 0.866. The van der Waals surface area contributed by atoms with Crippen LogP contribution in [0.2, 0.25) is 0 Å². The lowest BCUT2D eigenvalue weighted by Crippen LogP contribution is -2.48. The van der Waals surface area contributed by atoms with Gasteiger partial charge in [0.25, 0.3) is 0 Å². The maximum absolute atomic E-state index is 12.3. The van der Waals surface area contributed by atoms with Crippen LogP contribution < -0.4 is 10.0 Å². The second kappa shape index (κ2) is 5.03. The number of sulfonamides is 1. The Bertz CT molecular complexity index is 521. The minimum atomic E-state index is -3.47. The zero-order valence-corrected chi connectivity index (χ0v) is 11.8. The van der Waals surface area contributed by atoms with E-state index in [2.05, 4.69) is 10.0 Å². The van der Waals surface area contributed by atoms with Gasteiger partial charge in [-0.05, 0) is 45.3 Å². The minimum absolute atomic E-state index is 0.00847. The van der Waals surface area contributed by atoms with Crippen LogP contribution >= 0.6 is 0 Å². The molecule has 0 radical (unpaired) electrons. The van der Waals surface area contributed by atoms with Crippen LogP contribution in [0.15, 0.2) is 15.4 Å². The van der Waals surface area contributed by atoms with E-state index in [4.69, 9.17) is 4.42 Å². The van der Waals surface area contributed by atoms with E-state index in [1.165, 1.54) is 0 Å². The molecule has 2 unspecified atom stereocenters. The van der Waals surface area contributed by atoms with Gasteiger partial charge in [-0.2, -0.15) is 0 Å². The van der Waals surface area contributed by atoms with Gasteiger partial charge in [0.1, 0.15) is 16.4 Å². The van der Waals surface area contributed by atoms with E-state index in [1.54, 1.807) is 19.9 Å². The highest BCUT2D eigenvalue weighted by Gasteiger charge is 2.28. The van der Waals surface area contributed by atoms with Crippen LogP contribution in [-0.4, -0.2) is 27.5 Å². The van der Waals surface area contributed by atoms with E-state index in [9.17, 15) is 8.42 Å². The third kappa shape index (κ3) is 2.76. The normalized spacial score (nSPS) is 25.3. The molecule has 18 heavy (non-hydrogen) atoms.